The van der Waals surface area contributed by atoms with E-state index in [1.165, 1.54) is 0 Å². The van der Waals surface area contributed by atoms with Crippen molar-refractivity contribution in [1.29, 1.82) is 0 Å². The molecule has 1 fully saturated rings. The maximum absolute atomic E-state index is 11.0. The molecular weight excluding hydrogens is 160 g/mol. The van der Waals surface area contributed by atoms with Gasteiger partial charge in [0.25, 0.3) is 0 Å². The summed E-state index contributed by atoms with van der Waals surface area (Å²) in [6, 6.07) is 0.331. The Labute approximate surface area is 69.4 Å². The Morgan fingerprint density at radius 2 is 2.45 bits per heavy atom. The molecule has 0 bridgehead atoms. The topological polar surface area (TPSA) is 55.4 Å². The van der Waals surface area contributed by atoms with Crippen molar-refractivity contribution in [2.45, 2.75) is 30.6 Å². The first kappa shape index (κ1) is 7.16. The van der Waals surface area contributed by atoms with Crippen LogP contribution in [0.5, 0.6) is 0 Å². The highest BCUT2D eigenvalue weighted by atomic mass is 32.2. The molecule has 3 nitrogen and oxygen atoms in total. The molecule has 0 aromatic rings. The number of ketones is 1. The third-order valence-corrected chi connectivity index (χ3v) is 3.27. The summed E-state index contributed by atoms with van der Waals surface area (Å²) >= 11 is 1.56. The van der Waals surface area contributed by atoms with Crippen molar-refractivity contribution in [3.63, 3.8) is 0 Å². The molecule has 1 saturated carbocycles. The Morgan fingerprint density at radius 3 is 3.27 bits per heavy atom. The first-order chi connectivity index (χ1) is 5.25. The van der Waals surface area contributed by atoms with Gasteiger partial charge in [-0.15, -0.1) is 0 Å². The van der Waals surface area contributed by atoms with E-state index < -0.39 is 0 Å². The first-order valence-corrected chi connectivity index (χ1v) is 4.65. The Morgan fingerprint density at radius 1 is 1.64 bits per heavy atom. The van der Waals surface area contributed by atoms with Crippen LogP contribution >= 0.6 is 11.8 Å². The van der Waals surface area contributed by atoms with E-state index in [0.29, 0.717) is 35.1 Å². The van der Waals surface area contributed by atoms with Gasteiger partial charge in [0.1, 0.15) is 5.78 Å². The van der Waals surface area contributed by atoms with Gasteiger partial charge in [0.2, 0.25) is 0 Å². The summed E-state index contributed by atoms with van der Waals surface area (Å²) in [6.45, 7) is 0. The zero-order chi connectivity index (χ0) is 7.84. The second-order valence-electron chi connectivity index (χ2n) is 2.97. The molecule has 1 aliphatic heterocycles. The lowest BCUT2D eigenvalue weighted by atomic mass is 9.94. The highest BCUT2D eigenvalue weighted by molar-refractivity contribution is 8.14. The van der Waals surface area contributed by atoms with Gasteiger partial charge in [-0.05, 0) is 6.42 Å². The lowest BCUT2D eigenvalue weighted by molar-refractivity contribution is -0.120. The molecule has 2 N–H and O–H groups in total. The van der Waals surface area contributed by atoms with Gasteiger partial charge in [0.15, 0.2) is 5.17 Å². The van der Waals surface area contributed by atoms with Crippen molar-refractivity contribution in [2.75, 3.05) is 0 Å². The van der Waals surface area contributed by atoms with Gasteiger partial charge in [-0.25, -0.2) is 0 Å². The fourth-order valence-corrected chi connectivity index (χ4v) is 2.70. The van der Waals surface area contributed by atoms with Gasteiger partial charge in [0.05, 0.1) is 6.04 Å². The maximum atomic E-state index is 11.0. The van der Waals surface area contributed by atoms with Gasteiger partial charge in [0, 0.05) is 18.1 Å². The summed E-state index contributed by atoms with van der Waals surface area (Å²) in [6.07, 6.45) is 2.26. The van der Waals surface area contributed by atoms with Crippen LogP contribution in [-0.2, 0) is 4.79 Å². The van der Waals surface area contributed by atoms with E-state index in [4.69, 9.17) is 5.73 Å². The lowest BCUT2D eigenvalue weighted by Gasteiger charge is -2.20. The molecule has 2 atom stereocenters. The van der Waals surface area contributed by atoms with E-state index in [-0.39, 0.29) is 0 Å². The number of thioether (sulfide) groups is 1. The molecule has 2 rings (SSSR count). The number of carbonyl (C=O) groups excluding carboxylic acids is 1. The number of carbonyl (C=O) groups is 1. The Hall–Kier alpha value is -0.510. The van der Waals surface area contributed by atoms with Crippen molar-refractivity contribution >= 4 is 22.7 Å². The van der Waals surface area contributed by atoms with Gasteiger partial charge in [-0.2, -0.15) is 0 Å². The third kappa shape index (κ3) is 1.27. The van der Waals surface area contributed by atoms with Crippen LogP contribution in [0.2, 0.25) is 0 Å². The van der Waals surface area contributed by atoms with Gasteiger partial charge >= 0.3 is 0 Å². The SMILES string of the molecule is NC1=NC2CCC(=O)CC2S1. The fourth-order valence-electron chi connectivity index (χ4n) is 1.57. The number of rotatable bonds is 0. The average Bonchev–Trinajstić information content (AvgIpc) is 2.27. The van der Waals surface area contributed by atoms with Gasteiger partial charge < -0.3 is 5.73 Å². The minimum atomic E-state index is 0.331. The molecule has 0 spiro atoms. The fraction of sp³-hybridized carbons (Fsp3) is 0.714. The van der Waals surface area contributed by atoms with Crippen LogP contribution in [-0.4, -0.2) is 22.2 Å². The van der Waals surface area contributed by atoms with Gasteiger partial charge in [-0.3, -0.25) is 9.79 Å². The second-order valence-corrected chi connectivity index (χ2v) is 4.23. The summed E-state index contributed by atoms with van der Waals surface area (Å²) in [7, 11) is 0. The number of amidine groups is 1. The van der Waals surface area contributed by atoms with E-state index in [9.17, 15) is 4.79 Å². The zero-order valence-corrected chi connectivity index (χ0v) is 6.93. The molecule has 0 saturated heterocycles. The number of fused-ring (bicyclic) bond motifs is 1. The molecular formula is C7H10N2OS. The zero-order valence-electron chi connectivity index (χ0n) is 6.12. The predicted molar refractivity (Wildman–Crippen MR) is 45.6 cm³/mol. The molecule has 11 heavy (non-hydrogen) atoms. The van der Waals surface area contributed by atoms with Crippen LogP contribution in [0.3, 0.4) is 0 Å². The van der Waals surface area contributed by atoms with Crippen LogP contribution in [0.25, 0.3) is 0 Å². The molecule has 1 heterocycles. The Balaban J connectivity index is 2.09. The largest absolute Gasteiger partial charge is 0.379 e. The predicted octanol–water partition coefficient (Wildman–Crippen LogP) is 0.538. The minimum absolute atomic E-state index is 0.331. The van der Waals surface area contributed by atoms with Crippen LogP contribution in [0.4, 0.5) is 0 Å². The smallest absolute Gasteiger partial charge is 0.154 e. The van der Waals surface area contributed by atoms with E-state index in [1.54, 1.807) is 11.8 Å². The minimum Gasteiger partial charge on any atom is -0.379 e. The van der Waals surface area contributed by atoms with E-state index in [0.717, 1.165) is 6.42 Å². The van der Waals surface area contributed by atoms with Gasteiger partial charge in [-0.1, -0.05) is 11.8 Å². The molecule has 0 aromatic heterocycles. The highest BCUT2D eigenvalue weighted by Gasteiger charge is 2.34. The standard InChI is InChI=1S/C7H10N2OS/c8-7-9-5-2-1-4(10)3-6(5)11-7/h5-6H,1-3H2,(H2,8,9). The summed E-state index contributed by atoms with van der Waals surface area (Å²) in [4.78, 5) is 15.3. The number of hydrogen-bond acceptors (Lipinski definition) is 4. The summed E-state index contributed by atoms with van der Waals surface area (Å²) in [5.41, 5.74) is 5.54. The van der Waals surface area contributed by atoms with Crippen molar-refractivity contribution in [1.82, 2.24) is 0 Å². The molecule has 60 valence electrons. The monoisotopic (exact) mass is 170 g/mol. The van der Waals surface area contributed by atoms with E-state index >= 15 is 0 Å². The molecule has 2 unspecified atom stereocenters. The summed E-state index contributed by atoms with van der Waals surface area (Å²) in [5.74, 6) is 0.364. The first-order valence-electron chi connectivity index (χ1n) is 3.77. The number of nitrogens with zero attached hydrogens (tertiary/aromatic N) is 1. The Bertz CT molecular complexity index is 226. The van der Waals surface area contributed by atoms with Crippen molar-refractivity contribution in [3.05, 3.63) is 0 Å². The molecule has 0 radical (unpaired) electrons. The molecule has 4 heteroatoms. The molecule has 1 aliphatic carbocycles. The van der Waals surface area contributed by atoms with Crippen molar-refractivity contribution < 1.29 is 4.79 Å². The van der Waals surface area contributed by atoms with Crippen molar-refractivity contribution in [3.8, 4) is 0 Å². The quantitative estimate of drug-likeness (QED) is 0.577. The lowest BCUT2D eigenvalue weighted by Crippen LogP contribution is -2.27. The summed E-state index contributed by atoms with van der Waals surface area (Å²) < 4.78 is 0. The molecule has 0 amide bonds. The third-order valence-electron chi connectivity index (χ3n) is 2.14. The van der Waals surface area contributed by atoms with E-state index in [2.05, 4.69) is 4.99 Å². The Kier molecular flexibility index (Phi) is 1.64. The molecule has 2 aliphatic rings. The number of aliphatic imine (C=N–C) groups is 1. The van der Waals surface area contributed by atoms with Crippen LogP contribution in [0, 0.1) is 0 Å². The number of Topliss-reactive ketones (excluding diaryl/α,β-unsaturated/α-hetero) is 1. The van der Waals surface area contributed by atoms with E-state index in [1.807, 2.05) is 0 Å². The maximum Gasteiger partial charge on any atom is 0.154 e. The number of nitrogens with two attached hydrogens (primary N) is 1. The van der Waals surface area contributed by atoms with Crippen LogP contribution < -0.4 is 5.73 Å². The highest BCUT2D eigenvalue weighted by Crippen LogP contribution is 2.34. The normalized spacial score (nSPS) is 36.7. The average molecular weight is 170 g/mol. The van der Waals surface area contributed by atoms with Crippen LogP contribution in [0.1, 0.15) is 19.3 Å². The second kappa shape index (κ2) is 2.52. The number of hydrogen-bond donors (Lipinski definition) is 1. The summed E-state index contributed by atoms with van der Waals surface area (Å²) in [5, 5.41) is 1.02. The van der Waals surface area contributed by atoms with Crippen molar-refractivity contribution in [2.24, 2.45) is 10.7 Å². The van der Waals surface area contributed by atoms with Crippen LogP contribution in [0.15, 0.2) is 4.99 Å². The molecule has 0 aromatic carbocycles.